The molecule has 0 radical (unpaired) electrons. The number of nitrogen functional groups attached to an aromatic ring is 1. The van der Waals surface area contributed by atoms with Crippen LogP contribution < -0.4 is 10.6 Å². The van der Waals surface area contributed by atoms with Crippen LogP contribution in [0, 0.1) is 5.41 Å². The molecule has 5 nitrogen and oxygen atoms in total. The maximum absolute atomic E-state index is 7.71. The van der Waals surface area contributed by atoms with Crippen LogP contribution in [0.25, 0.3) is 0 Å². The molecule has 0 bridgehead atoms. The van der Waals surface area contributed by atoms with Crippen molar-refractivity contribution in [2.75, 3.05) is 38.9 Å². The van der Waals surface area contributed by atoms with Crippen LogP contribution in [0.4, 0.5) is 5.69 Å². The first-order chi connectivity index (χ1) is 9.51. The van der Waals surface area contributed by atoms with Crippen LogP contribution in [-0.2, 0) is 9.47 Å². The number of nitrogens with one attached hydrogen (secondary N) is 1. The van der Waals surface area contributed by atoms with E-state index in [2.05, 4.69) is 4.90 Å². The second kappa shape index (κ2) is 8.09. The van der Waals surface area contributed by atoms with Crippen LogP contribution in [0.15, 0.2) is 18.2 Å². The van der Waals surface area contributed by atoms with Gasteiger partial charge in [-0.2, -0.15) is 0 Å². The Hall–Kier alpha value is -1.30. The Morgan fingerprint density at radius 1 is 1.40 bits per heavy atom. The summed E-state index contributed by atoms with van der Waals surface area (Å²) in [6.07, 6.45) is 0. The van der Waals surface area contributed by atoms with Crippen molar-refractivity contribution in [1.82, 2.24) is 0 Å². The van der Waals surface area contributed by atoms with Crippen molar-refractivity contribution in [3.05, 3.63) is 28.8 Å². The van der Waals surface area contributed by atoms with Crippen LogP contribution in [0.5, 0.6) is 0 Å². The van der Waals surface area contributed by atoms with Crippen molar-refractivity contribution in [3.8, 4) is 0 Å². The van der Waals surface area contributed by atoms with Gasteiger partial charge in [0.05, 0.1) is 13.2 Å². The Morgan fingerprint density at radius 3 is 2.65 bits per heavy atom. The smallest absolute Gasteiger partial charge is 0.124 e. The molecular weight excluding hydrogens is 278 g/mol. The number of methoxy groups -OCH3 is 2. The average Bonchev–Trinajstić information content (AvgIpc) is 2.39. The lowest BCUT2D eigenvalue weighted by molar-refractivity contribution is 0.171. The number of hydrogen-bond donors (Lipinski definition) is 2. The lowest BCUT2D eigenvalue weighted by Gasteiger charge is -2.32. The molecule has 6 heteroatoms. The Bertz CT molecular complexity index is 454. The fraction of sp³-hybridized carbons (Fsp3) is 0.500. The number of amidine groups is 1. The molecule has 1 rings (SSSR count). The van der Waals surface area contributed by atoms with E-state index in [1.165, 1.54) is 0 Å². The van der Waals surface area contributed by atoms with E-state index in [0.29, 0.717) is 30.3 Å². The third kappa shape index (κ3) is 4.37. The first-order valence-corrected chi connectivity index (χ1v) is 6.77. The minimum Gasteiger partial charge on any atom is -0.384 e. The highest BCUT2D eigenvalue weighted by Gasteiger charge is 2.19. The van der Waals surface area contributed by atoms with Crippen molar-refractivity contribution in [3.63, 3.8) is 0 Å². The van der Waals surface area contributed by atoms with Crippen molar-refractivity contribution in [1.29, 1.82) is 5.41 Å². The summed E-state index contributed by atoms with van der Waals surface area (Å²) in [6, 6.07) is 5.43. The van der Waals surface area contributed by atoms with E-state index in [-0.39, 0.29) is 11.9 Å². The van der Waals surface area contributed by atoms with Gasteiger partial charge in [0.2, 0.25) is 0 Å². The third-order valence-corrected chi connectivity index (χ3v) is 3.27. The largest absolute Gasteiger partial charge is 0.384 e. The molecule has 3 N–H and O–H groups in total. The highest BCUT2D eigenvalue weighted by Crippen LogP contribution is 2.26. The maximum atomic E-state index is 7.71. The van der Waals surface area contributed by atoms with Gasteiger partial charge in [0.25, 0.3) is 0 Å². The zero-order valence-corrected chi connectivity index (χ0v) is 12.9. The molecule has 0 heterocycles. The molecule has 0 saturated carbocycles. The molecule has 0 fully saturated rings. The summed E-state index contributed by atoms with van der Waals surface area (Å²) in [4.78, 5) is 2.09. The van der Waals surface area contributed by atoms with Gasteiger partial charge in [-0.1, -0.05) is 11.6 Å². The molecule has 0 aromatic heterocycles. The predicted octanol–water partition coefficient (Wildman–Crippen LogP) is 2.11. The van der Waals surface area contributed by atoms with Crippen molar-refractivity contribution in [2.45, 2.75) is 13.0 Å². The number of ether oxygens (including phenoxy) is 2. The number of halogens is 1. The molecule has 1 atom stereocenters. The summed E-state index contributed by atoms with van der Waals surface area (Å²) in [5.41, 5.74) is 7.14. The number of nitrogens with two attached hydrogens (primary N) is 1. The second-order valence-electron chi connectivity index (χ2n) is 4.57. The van der Waals surface area contributed by atoms with Gasteiger partial charge in [0, 0.05) is 43.1 Å². The second-order valence-corrected chi connectivity index (χ2v) is 5.00. The Morgan fingerprint density at radius 2 is 2.10 bits per heavy atom. The van der Waals surface area contributed by atoms with Crippen LogP contribution in [0.2, 0.25) is 5.02 Å². The first kappa shape index (κ1) is 16.8. The van der Waals surface area contributed by atoms with Crippen LogP contribution >= 0.6 is 11.6 Å². The Labute approximate surface area is 125 Å². The Kier molecular flexibility index (Phi) is 6.78. The summed E-state index contributed by atoms with van der Waals surface area (Å²) in [7, 11) is 3.32. The van der Waals surface area contributed by atoms with Gasteiger partial charge in [-0.25, -0.2) is 0 Å². The number of nitrogens with zero attached hydrogens (tertiary/aromatic N) is 1. The molecule has 1 aromatic rings. The molecular formula is C14H22ClN3O2. The summed E-state index contributed by atoms with van der Waals surface area (Å²) in [6.45, 7) is 3.84. The topological polar surface area (TPSA) is 71.6 Å². The summed E-state index contributed by atoms with van der Waals surface area (Å²) >= 11 is 6.08. The van der Waals surface area contributed by atoms with Gasteiger partial charge in [-0.05, 0) is 25.1 Å². The fourth-order valence-electron chi connectivity index (χ4n) is 2.07. The van der Waals surface area contributed by atoms with Crippen molar-refractivity contribution >= 4 is 23.1 Å². The van der Waals surface area contributed by atoms with Crippen molar-refractivity contribution < 1.29 is 9.47 Å². The molecule has 0 aliphatic carbocycles. The molecule has 0 aliphatic rings. The van der Waals surface area contributed by atoms with Gasteiger partial charge in [-0.15, -0.1) is 0 Å². The predicted molar refractivity (Wildman–Crippen MR) is 83.0 cm³/mol. The minimum absolute atomic E-state index is 0.0173. The van der Waals surface area contributed by atoms with E-state index in [1.807, 2.05) is 13.0 Å². The molecule has 0 aliphatic heterocycles. The van der Waals surface area contributed by atoms with E-state index in [4.69, 9.17) is 32.2 Å². The van der Waals surface area contributed by atoms with Crippen LogP contribution in [0.1, 0.15) is 12.5 Å². The van der Waals surface area contributed by atoms with Gasteiger partial charge in [0.1, 0.15) is 5.84 Å². The zero-order valence-electron chi connectivity index (χ0n) is 12.1. The van der Waals surface area contributed by atoms with Crippen LogP contribution in [0.3, 0.4) is 0 Å². The number of hydrogen-bond acceptors (Lipinski definition) is 4. The highest BCUT2D eigenvalue weighted by atomic mass is 35.5. The zero-order chi connectivity index (χ0) is 15.1. The summed E-state index contributed by atoms with van der Waals surface area (Å²) in [5, 5.41) is 8.31. The minimum atomic E-state index is 0.0173. The van der Waals surface area contributed by atoms with Crippen LogP contribution in [-0.4, -0.2) is 45.9 Å². The molecule has 1 unspecified atom stereocenters. The molecule has 112 valence electrons. The molecule has 0 saturated heterocycles. The van der Waals surface area contributed by atoms with Gasteiger partial charge in [-0.3, -0.25) is 5.41 Å². The van der Waals surface area contributed by atoms with E-state index in [0.717, 1.165) is 5.69 Å². The first-order valence-electron chi connectivity index (χ1n) is 6.39. The molecule has 20 heavy (non-hydrogen) atoms. The average molecular weight is 300 g/mol. The summed E-state index contributed by atoms with van der Waals surface area (Å²) in [5.74, 6) is 0.0173. The van der Waals surface area contributed by atoms with E-state index in [1.54, 1.807) is 26.4 Å². The lowest BCUT2D eigenvalue weighted by Crippen LogP contribution is -2.39. The molecule has 1 aromatic carbocycles. The maximum Gasteiger partial charge on any atom is 0.124 e. The van der Waals surface area contributed by atoms with Gasteiger partial charge >= 0.3 is 0 Å². The van der Waals surface area contributed by atoms with Crippen molar-refractivity contribution in [2.24, 2.45) is 5.73 Å². The van der Waals surface area contributed by atoms with E-state index >= 15 is 0 Å². The molecule has 0 spiro atoms. The number of rotatable bonds is 8. The van der Waals surface area contributed by atoms with E-state index < -0.39 is 0 Å². The lowest BCUT2D eigenvalue weighted by atomic mass is 10.1. The monoisotopic (exact) mass is 299 g/mol. The van der Waals surface area contributed by atoms with Gasteiger partial charge in [0.15, 0.2) is 0 Å². The highest BCUT2D eigenvalue weighted by molar-refractivity contribution is 6.31. The SMILES string of the molecule is COCCN(c1cc(Cl)ccc1C(=N)N)C(C)COC. The normalized spacial score (nSPS) is 12.2. The Balaban J connectivity index is 3.16. The molecule has 0 amide bonds. The van der Waals surface area contributed by atoms with Gasteiger partial charge < -0.3 is 20.1 Å². The third-order valence-electron chi connectivity index (χ3n) is 3.04. The fourth-order valence-corrected chi connectivity index (χ4v) is 2.24. The summed E-state index contributed by atoms with van der Waals surface area (Å²) < 4.78 is 10.4. The standard InChI is InChI=1S/C14H22ClN3O2/c1-10(9-20-3)18(6-7-19-2)13-8-11(15)4-5-12(13)14(16)17/h4-5,8,10H,6-7,9H2,1-3H3,(H3,16,17). The number of anilines is 1. The number of benzene rings is 1. The van der Waals surface area contributed by atoms with E-state index in [9.17, 15) is 0 Å². The quantitative estimate of drug-likeness (QED) is 0.570.